The van der Waals surface area contributed by atoms with Crippen molar-refractivity contribution < 1.29 is 36.6 Å². The summed E-state index contributed by atoms with van der Waals surface area (Å²) in [7, 11) is 0. The number of halogens is 5. The second-order valence-corrected chi connectivity index (χ2v) is 2.95. The highest BCUT2D eigenvalue weighted by molar-refractivity contribution is 5.87. The number of carbonyl (C=O) groups is 1. The molecule has 1 aromatic carbocycles. The smallest absolute Gasteiger partial charge is 0.478 e. The highest BCUT2D eigenvalue weighted by Gasteiger charge is 2.61. The molecule has 0 aromatic heterocycles. The zero-order valence-corrected chi connectivity index (χ0v) is 7.96. The summed E-state index contributed by atoms with van der Waals surface area (Å²) in [6.45, 7) is 0. The molecule has 1 aromatic rings. The van der Waals surface area contributed by atoms with Crippen LogP contribution >= 0.6 is 0 Å². The Morgan fingerprint density at radius 1 is 1.06 bits per heavy atom. The van der Waals surface area contributed by atoms with E-state index in [-0.39, 0.29) is 5.56 Å². The number of alkyl halides is 5. The third-order valence-electron chi connectivity index (χ3n) is 1.68. The van der Waals surface area contributed by atoms with E-state index in [0.29, 0.717) is 12.1 Å². The van der Waals surface area contributed by atoms with Crippen molar-refractivity contribution >= 4 is 5.97 Å². The Morgan fingerprint density at radius 3 is 1.88 bits per heavy atom. The van der Waals surface area contributed by atoms with Gasteiger partial charge in [0.25, 0.3) is 0 Å². The quantitative estimate of drug-likeness (QED) is 0.846. The number of rotatable bonds is 3. The minimum Gasteiger partial charge on any atom is -0.478 e. The highest BCUT2D eigenvalue weighted by atomic mass is 19.4. The number of hydrogen-bond acceptors (Lipinski definition) is 2. The topological polar surface area (TPSA) is 46.5 Å². The summed E-state index contributed by atoms with van der Waals surface area (Å²) in [5, 5.41) is 8.47. The van der Waals surface area contributed by atoms with Crippen LogP contribution in [0.1, 0.15) is 10.4 Å². The molecule has 1 rings (SSSR count). The van der Waals surface area contributed by atoms with Gasteiger partial charge in [-0.25, -0.2) is 4.79 Å². The molecule has 0 aliphatic carbocycles. The van der Waals surface area contributed by atoms with Crippen molar-refractivity contribution in [1.82, 2.24) is 0 Å². The summed E-state index contributed by atoms with van der Waals surface area (Å²) in [6, 6.07) is 3.13. The van der Waals surface area contributed by atoms with E-state index in [4.69, 9.17) is 5.11 Å². The fourth-order valence-corrected chi connectivity index (χ4v) is 0.871. The van der Waals surface area contributed by atoms with Crippen LogP contribution in [-0.4, -0.2) is 23.4 Å². The van der Waals surface area contributed by atoms with Crippen LogP contribution in [-0.2, 0) is 0 Å². The number of hydrogen-bond donors (Lipinski definition) is 1. The first-order chi connectivity index (χ1) is 7.63. The molecule has 0 radical (unpaired) electrons. The first kappa shape index (κ1) is 13.2. The normalized spacial score (nSPS) is 12.3. The molecule has 0 unspecified atom stereocenters. The molecule has 0 spiro atoms. The lowest BCUT2D eigenvalue weighted by atomic mass is 10.2. The van der Waals surface area contributed by atoms with Gasteiger partial charge < -0.3 is 9.84 Å². The van der Waals surface area contributed by atoms with Gasteiger partial charge in [-0.05, 0) is 24.3 Å². The lowest BCUT2D eigenvalue weighted by Gasteiger charge is -2.20. The average molecular weight is 256 g/mol. The van der Waals surface area contributed by atoms with Crippen LogP contribution in [0.4, 0.5) is 22.0 Å². The highest BCUT2D eigenvalue weighted by Crippen LogP contribution is 2.37. The van der Waals surface area contributed by atoms with Crippen LogP contribution in [0.5, 0.6) is 5.75 Å². The fraction of sp³-hybridized carbons (Fsp3) is 0.222. The Balaban J connectivity index is 2.86. The minimum absolute atomic E-state index is 0.257. The van der Waals surface area contributed by atoms with Gasteiger partial charge in [0.1, 0.15) is 5.75 Å². The molecule has 8 heteroatoms. The van der Waals surface area contributed by atoms with Gasteiger partial charge in [0.05, 0.1) is 5.56 Å². The summed E-state index contributed by atoms with van der Waals surface area (Å²) in [4.78, 5) is 10.4. The van der Waals surface area contributed by atoms with Crippen molar-refractivity contribution in [3.8, 4) is 5.75 Å². The maximum absolute atomic E-state index is 12.4. The molecule has 0 saturated carbocycles. The fourth-order valence-electron chi connectivity index (χ4n) is 0.871. The number of carboxylic acid groups (broad SMARTS) is 1. The number of benzene rings is 1. The van der Waals surface area contributed by atoms with Crippen molar-refractivity contribution in [2.75, 3.05) is 0 Å². The molecule has 3 nitrogen and oxygen atoms in total. The molecule has 0 aliphatic rings. The maximum Gasteiger partial charge on any atom is 0.499 e. The zero-order chi connectivity index (χ0) is 13.3. The SMILES string of the molecule is O=C(O)c1ccc(OC(F)(F)C(F)(F)F)cc1. The van der Waals surface area contributed by atoms with Gasteiger partial charge in [0.15, 0.2) is 0 Å². The Morgan fingerprint density at radius 2 is 1.53 bits per heavy atom. The van der Waals surface area contributed by atoms with Crippen molar-refractivity contribution in [3.63, 3.8) is 0 Å². The molecule has 1 N–H and O–H groups in total. The van der Waals surface area contributed by atoms with Crippen LogP contribution < -0.4 is 4.74 Å². The first-order valence-electron chi connectivity index (χ1n) is 4.10. The van der Waals surface area contributed by atoms with Gasteiger partial charge in [-0.1, -0.05) is 0 Å². The van der Waals surface area contributed by atoms with E-state index in [0.717, 1.165) is 12.1 Å². The standard InChI is InChI=1S/C9H5F5O3/c10-8(11,12)9(13,14)17-6-3-1-5(2-4-6)7(15)16/h1-4H,(H,15,16). The largest absolute Gasteiger partial charge is 0.499 e. The van der Waals surface area contributed by atoms with Gasteiger partial charge in [-0.15, -0.1) is 0 Å². The Labute approximate surface area is 91.4 Å². The van der Waals surface area contributed by atoms with Gasteiger partial charge in [0.2, 0.25) is 0 Å². The Hall–Kier alpha value is -1.86. The molecular formula is C9H5F5O3. The van der Waals surface area contributed by atoms with E-state index in [1.807, 2.05) is 0 Å². The summed E-state index contributed by atoms with van der Waals surface area (Å²) in [5.41, 5.74) is -0.257. The molecule has 0 bridgehead atoms. The van der Waals surface area contributed by atoms with Gasteiger partial charge in [-0.2, -0.15) is 22.0 Å². The molecule has 0 saturated heterocycles. The molecule has 0 amide bonds. The molecule has 17 heavy (non-hydrogen) atoms. The summed E-state index contributed by atoms with van der Waals surface area (Å²) < 4.78 is 63.5. The lowest BCUT2D eigenvalue weighted by molar-refractivity contribution is -0.360. The monoisotopic (exact) mass is 256 g/mol. The Bertz CT molecular complexity index is 410. The van der Waals surface area contributed by atoms with Crippen LogP contribution in [0.3, 0.4) is 0 Å². The number of carboxylic acids is 1. The third-order valence-corrected chi connectivity index (χ3v) is 1.68. The molecule has 0 aliphatic heterocycles. The van der Waals surface area contributed by atoms with E-state index in [9.17, 15) is 26.7 Å². The second kappa shape index (κ2) is 4.19. The van der Waals surface area contributed by atoms with Crippen LogP contribution in [0.2, 0.25) is 0 Å². The molecular weight excluding hydrogens is 251 g/mol. The lowest BCUT2D eigenvalue weighted by Crippen LogP contribution is -2.41. The minimum atomic E-state index is -5.83. The van der Waals surface area contributed by atoms with Gasteiger partial charge in [0, 0.05) is 0 Å². The summed E-state index contributed by atoms with van der Waals surface area (Å²) >= 11 is 0. The van der Waals surface area contributed by atoms with E-state index < -0.39 is 24.0 Å². The maximum atomic E-state index is 12.4. The van der Waals surface area contributed by atoms with Crippen LogP contribution in [0.25, 0.3) is 0 Å². The summed E-state index contributed by atoms with van der Waals surface area (Å²) in [6.07, 6.45) is -11.2. The molecule has 94 valence electrons. The van der Waals surface area contributed by atoms with Gasteiger partial charge >= 0.3 is 18.3 Å². The predicted octanol–water partition coefficient (Wildman–Crippen LogP) is 2.92. The zero-order valence-electron chi connectivity index (χ0n) is 7.96. The van der Waals surface area contributed by atoms with Crippen molar-refractivity contribution in [2.24, 2.45) is 0 Å². The van der Waals surface area contributed by atoms with E-state index in [1.165, 1.54) is 0 Å². The predicted molar refractivity (Wildman–Crippen MR) is 45.0 cm³/mol. The second-order valence-electron chi connectivity index (χ2n) is 2.95. The van der Waals surface area contributed by atoms with Gasteiger partial charge in [-0.3, -0.25) is 0 Å². The van der Waals surface area contributed by atoms with Crippen molar-refractivity contribution in [3.05, 3.63) is 29.8 Å². The van der Waals surface area contributed by atoms with Crippen LogP contribution in [0.15, 0.2) is 24.3 Å². The van der Waals surface area contributed by atoms with E-state index >= 15 is 0 Å². The third kappa shape index (κ3) is 3.05. The Kier molecular flexibility index (Phi) is 3.25. The molecule has 0 fully saturated rings. The van der Waals surface area contributed by atoms with Crippen LogP contribution in [0, 0.1) is 0 Å². The molecule has 0 atom stereocenters. The summed E-state index contributed by atoms with van der Waals surface area (Å²) in [5.74, 6) is -2.11. The molecule has 0 heterocycles. The first-order valence-corrected chi connectivity index (χ1v) is 4.10. The van der Waals surface area contributed by atoms with Crippen molar-refractivity contribution in [1.29, 1.82) is 0 Å². The average Bonchev–Trinajstić information content (AvgIpc) is 2.16. The number of aromatic carboxylic acids is 1. The van der Waals surface area contributed by atoms with E-state index in [2.05, 4.69) is 4.74 Å². The van der Waals surface area contributed by atoms with E-state index in [1.54, 1.807) is 0 Å². The van der Waals surface area contributed by atoms with Crippen molar-refractivity contribution in [2.45, 2.75) is 12.3 Å². The number of ether oxygens (including phenoxy) is 1.